The summed E-state index contributed by atoms with van der Waals surface area (Å²) in [5.74, 6) is -0.414. The zero-order valence-electron chi connectivity index (χ0n) is 14.5. The number of aryl methyl sites for hydroxylation is 2. The standard InChI is InChI=1S/C17H26N2O4S/c1-13-6-7-14(2)16(11-13)24(21,22)19-9-4-5-15(12-19)17(20)18-8-10-23-3/h6-7,11,15H,4-5,8-10,12H2,1-3H3,(H,18,20)/t15-/m1/s1. The Kier molecular flexibility index (Phi) is 6.37. The van der Waals surface area contributed by atoms with Gasteiger partial charge in [0.25, 0.3) is 0 Å². The highest BCUT2D eigenvalue weighted by Crippen LogP contribution is 2.26. The average molecular weight is 354 g/mol. The summed E-state index contributed by atoms with van der Waals surface area (Å²) in [5, 5.41) is 2.80. The summed E-state index contributed by atoms with van der Waals surface area (Å²) in [4.78, 5) is 12.6. The monoisotopic (exact) mass is 354 g/mol. The van der Waals surface area contributed by atoms with Gasteiger partial charge in [0.05, 0.1) is 17.4 Å². The lowest BCUT2D eigenvalue weighted by Crippen LogP contribution is -2.46. The quantitative estimate of drug-likeness (QED) is 0.785. The summed E-state index contributed by atoms with van der Waals surface area (Å²) in [6, 6.07) is 5.42. The number of methoxy groups -OCH3 is 1. The molecule has 6 nitrogen and oxygen atoms in total. The van der Waals surface area contributed by atoms with E-state index in [1.807, 2.05) is 19.1 Å². The van der Waals surface area contributed by atoms with E-state index >= 15 is 0 Å². The van der Waals surface area contributed by atoms with Gasteiger partial charge in [-0.15, -0.1) is 0 Å². The van der Waals surface area contributed by atoms with Crippen molar-refractivity contribution in [2.24, 2.45) is 5.92 Å². The fourth-order valence-electron chi connectivity index (χ4n) is 2.92. The molecule has 0 unspecified atom stereocenters. The summed E-state index contributed by atoms with van der Waals surface area (Å²) >= 11 is 0. The highest BCUT2D eigenvalue weighted by Gasteiger charge is 2.33. The van der Waals surface area contributed by atoms with E-state index in [4.69, 9.17) is 4.74 Å². The van der Waals surface area contributed by atoms with E-state index in [9.17, 15) is 13.2 Å². The minimum atomic E-state index is -3.58. The van der Waals surface area contributed by atoms with Crippen LogP contribution in [-0.4, -0.2) is 52.0 Å². The predicted molar refractivity (Wildman–Crippen MR) is 92.3 cm³/mol. The van der Waals surface area contributed by atoms with Crippen molar-refractivity contribution in [3.8, 4) is 0 Å². The smallest absolute Gasteiger partial charge is 0.243 e. The molecule has 0 radical (unpaired) electrons. The predicted octanol–water partition coefficient (Wildman–Crippen LogP) is 1.47. The number of amides is 1. The van der Waals surface area contributed by atoms with Gasteiger partial charge >= 0.3 is 0 Å². The molecule has 1 saturated heterocycles. The molecular formula is C17H26N2O4S. The fourth-order valence-corrected chi connectivity index (χ4v) is 4.75. The van der Waals surface area contributed by atoms with Gasteiger partial charge in [-0.25, -0.2) is 8.42 Å². The number of rotatable bonds is 6. The fraction of sp³-hybridized carbons (Fsp3) is 0.588. The Morgan fingerprint density at radius 3 is 2.83 bits per heavy atom. The van der Waals surface area contributed by atoms with Gasteiger partial charge in [0, 0.05) is 26.7 Å². The number of carbonyl (C=O) groups is 1. The molecule has 1 aromatic rings. The Balaban J connectivity index is 2.13. The van der Waals surface area contributed by atoms with Gasteiger partial charge in [-0.1, -0.05) is 12.1 Å². The summed E-state index contributed by atoms with van der Waals surface area (Å²) in [7, 11) is -2.00. The molecule has 7 heteroatoms. The number of hydrogen-bond donors (Lipinski definition) is 1. The van der Waals surface area contributed by atoms with Crippen LogP contribution in [0.1, 0.15) is 24.0 Å². The van der Waals surface area contributed by atoms with Crippen LogP contribution in [-0.2, 0) is 19.6 Å². The number of ether oxygens (including phenoxy) is 1. The number of nitrogens with zero attached hydrogens (tertiary/aromatic N) is 1. The van der Waals surface area contributed by atoms with Crippen molar-refractivity contribution >= 4 is 15.9 Å². The van der Waals surface area contributed by atoms with Crippen LogP contribution in [0.25, 0.3) is 0 Å². The van der Waals surface area contributed by atoms with Crippen molar-refractivity contribution in [3.05, 3.63) is 29.3 Å². The molecule has 1 N–H and O–H groups in total. The molecule has 134 valence electrons. The van der Waals surface area contributed by atoms with Gasteiger partial charge in [0.2, 0.25) is 15.9 Å². The molecule has 1 amide bonds. The molecule has 2 rings (SSSR count). The van der Waals surface area contributed by atoms with Crippen molar-refractivity contribution in [3.63, 3.8) is 0 Å². The van der Waals surface area contributed by atoms with Gasteiger partial charge in [-0.2, -0.15) is 4.31 Å². The molecule has 0 aliphatic carbocycles. The number of benzene rings is 1. The lowest BCUT2D eigenvalue weighted by molar-refractivity contribution is -0.126. The Bertz CT molecular complexity index is 688. The topological polar surface area (TPSA) is 75.7 Å². The molecule has 0 aromatic heterocycles. The number of nitrogens with one attached hydrogen (secondary N) is 1. The van der Waals surface area contributed by atoms with E-state index in [0.29, 0.717) is 37.4 Å². The van der Waals surface area contributed by atoms with Crippen molar-refractivity contribution in [2.45, 2.75) is 31.6 Å². The molecule has 0 spiro atoms. The van der Waals surface area contributed by atoms with Crippen molar-refractivity contribution in [1.29, 1.82) is 0 Å². The minimum absolute atomic E-state index is 0.104. The van der Waals surface area contributed by atoms with Crippen LogP contribution in [0.3, 0.4) is 0 Å². The summed E-state index contributed by atoms with van der Waals surface area (Å²) in [5.41, 5.74) is 1.64. The lowest BCUT2D eigenvalue weighted by atomic mass is 9.99. The first kappa shape index (κ1) is 18.9. The molecular weight excluding hydrogens is 328 g/mol. The maximum Gasteiger partial charge on any atom is 0.243 e. The Morgan fingerprint density at radius 1 is 1.38 bits per heavy atom. The normalized spacial score (nSPS) is 19.2. The van der Waals surface area contributed by atoms with Gasteiger partial charge in [0.15, 0.2) is 0 Å². The molecule has 1 aliphatic heterocycles. The molecule has 1 heterocycles. The molecule has 1 atom stereocenters. The summed E-state index contributed by atoms with van der Waals surface area (Å²) in [6.45, 7) is 5.25. The SMILES string of the molecule is COCCNC(=O)[C@@H]1CCCN(S(=O)(=O)c2cc(C)ccc2C)C1. The maximum absolute atomic E-state index is 13.0. The van der Waals surface area contributed by atoms with Gasteiger partial charge < -0.3 is 10.1 Å². The summed E-state index contributed by atoms with van der Waals surface area (Å²) in [6.07, 6.45) is 1.39. The molecule has 1 aromatic carbocycles. The third-order valence-corrected chi connectivity index (χ3v) is 6.33. The van der Waals surface area contributed by atoms with E-state index < -0.39 is 10.0 Å². The van der Waals surface area contributed by atoms with Gasteiger partial charge in [-0.3, -0.25) is 4.79 Å². The van der Waals surface area contributed by atoms with Gasteiger partial charge in [0.1, 0.15) is 0 Å². The van der Waals surface area contributed by atoms with E-state index in [-0.39, 0.29) is 18.4 Å². The van der Waals surface area contributed by atoms with Crippen LogP contribution in [0, 0.1) is 19.8 Å². The second-order valence-electron chi connectivity index (χ2n) is 6.25. The zero-order chi connectivity index (χ0) is 17.7. The Labute approximate surface area is 144 Å². The molecule has 0 bridgehead atoms. The van der Waals surface area contributed by atoms with E-state index in [1.165, 1.54) is 4.31 Å². The third-order valence-electron chi connectivity index (χ3n) is 4.32. The maximum atomic E-state index is 13.0. The lowest BCUT2D eigenvalue weighted by Gasteiger charge is -2.31. The highest BCUT2D eigenvalue weighted by atomic mass is 32.2. The van der Waals surface area contributed by atoms with E-state index in [0.717, 1.165) is 11.1 Å². The van der Waals surface area contributed by atoms with Crippen molar-refractivity contribution in [2.75, 3.05) is 33.4 Å². The van der Waals surface area contributed by atoms with Crippen LogP contribution in [0.5, 0.6) is 0 Å². The number of piperidine rings is 1. The molecule has 24 heavy (non-hydrogen) atoms. The first-order chi connectivity index (χ1) is 11.4. The van der Waals surface area contributed by atoms with E-state index in [1.54, 1.807) is 20.1 Å². The van der Waals surface area contributed by atoms with Crippen molar-refractivity contribution < 1.29 is 17.9 Å². The largest absolute Gasteiger partial charge is 0.383 e. The third kappa shape index (κ3) is 4.34. The molecule has 0 saturated carbocycles. The Hall–Kier alpha value is -1.44. The second-order valence-corrected chi connectivity index (χ2v) is 8.16. The first-order valence-corrected chi connectivity index (χ1v) is 9.64. The van der Waals surface area contributed by atoms with Crippen LogP contribution < -0.4 is 5.32 Å². The minimum Gasteiger partial charge on any atom is -0.383 e. The van der Waals surface area contributed by atoms with Crippen LogP contribution in [0.15, 0.2) is 23.1 Å². The van der Waals surface area contributed by atoms with Crippen molar-refractivity contribution in [1.82, 2.24) is 9.62 Å². The van der Waals surface area contributed by atoms with E-state index in [2.05, 4.69) is 5.32 Å². The highest BCUT2D eigenvalue weighted by molar-refractivity contribution is 7.89. The zero-order valence-corrected chi connectivity index (χ0v) is 15.4. The van der Waals surface area contributed by atoms with Gasteiger partial charge in [-0.05, 0) is 43.9 Å². The molecule has 1 fully saturated rings. The second kappa shape index (κ2) is 8.09. The number of carbonyl (C=O) groups excluding carboxylic acids is 1. The average Bonchev–Trinajstić information content (AvgIpc) is 2.57. The van der Waals surface area contributed by atoms with Crippen LogP contribution in [0.2, 0.25) is 0 Å². The molecule has 1 aliphatic rings. The number of hydrogen-bond acceptors (Lipinski definition) is 4. The summed E-state index contributed by atoms with van der Waals surface area (Å²) < 4.78 is 32.3. The first-order valence-electron chi connectivity index (χ1n) is 8.20. The van der Waals surface area contributed by atoms with Crippen LogP contribution in [0.4, 0.5) is 0 Å². The Morgan fingerprint density at radius 2 is 2.12 bits per heavy atom. The number of sulfonamides is 1. The van der Waals surface area contributed by atoms with Crippen LogP contribution >= 0.6 is 0 Å².